The predicted octanol–water partition coefficient (Wildman–Crippen LogP) is 3.08. The minimum absolute atomic E-state index is 0.0344. The first-order valence-corrected chi connectivity index (χ1v) is 9.58. The van der Waals surface area contributed by atoms with Gasteiger partial charge in [0.25, 0.3) is 0 Å². The minimum atomic E-state index is -2.47. The second-order valence-electron chi connectivity index (χ2n) is 7.08. The molecule has 7 nitrogen and oxygen atoms in total. The molecule has 1 rings (SSSR count). The number of halogens is 1. The number of aliphatic carboxylic acids is 2. The van der Waals surface area contributed by atoms with E-state index in [9.17, 15) is 24.6 Å². The van der Waals surface area contributed by atoms with Crippen molar-refractivity contribution < 1.29 is 34.8 Å². The standard InChI is InChI=1S/C20H27ClO7/c1-13(22)17-10-15(21)9-8-14(17)6-4-2-3-5-7-16(23)11-20(28,19(26)27)12-18(24)25/h8-10,16,23,28H,2-7,11-12H2,1H3,(H,24,25)(H,26,27)/t16-,20+/m0/s1. The lowest BCUT2D eigenvalue weighted by atomic mass is 9.90. The quantitative estimate of drug-likeness (QED) is 0.288. The zero-order chi connectivity index (χ0) is 21.3. The number of aliphatic hydroxyl groups excluding tert-OH is 1. The first kappa shape index (κ1) is 24.1. The average Bonchev–Trinajstić information content (AvgIpc) is 2.57. The summed E-state index contributed by atoms with van der Waals surface area (Å²) in [6, 6.07) is 5.26. The van der Waals surface area contributed by atoms with E-state index < -0.39 is 36.5 Å². The Balaban J connectivity index is 2.37. The van der Waals surface area contributed by atoms with Gasteiger partial charge in [0.05, 0.1) is 12.5 Å². The molecule has 0 bridgehead atoms. The van der Waals surface area contributed by atoms with Gasteiger partial charge in [-0.3, -0.25) is 9.59 Å². The minimum Gasteiger partial charge on any atom is -0.481 e. The molecule has 8 heteroatoms. The van der Waals surface area contributed by atoms with Gasteiger partial charge in [-0.15, -0.1) is 0 Å². The van der Waals surface area contributed by atoms with Crippen molar-refractivity contribution in [1.82, 2.24) is 0 Å². The van der Waals surface area contributed by atoms with Crippen LogP contribution < -0.4 is 0 Å². The highest BCUT2D eigenvalue weighted by Crippen LogP contribution is 2.22. The van der Waals surface area contributed by atoms with E-state index in [1.165, 1.54) is 6.92 Å². The molecular formula is C20H27ClO7. The molecule has 0 unspecified atom stereocenters. The molecule has 0 aliphatic rings. The summed E-state index contributed by atoms with van der Waals surface area (Å²) in [7, 11) is 0. The van der Waals surface area contributed by atoms with Gasteiger partial charge in [0.2, 0.25) is 0 Å². The van der Waals surface area contributed by atoms with E-state index in [0.29, 0.717) is 17.0 Å². The molecule has 156 valence electrons. The van der Waals surface area contributed by atoms with Gasteiger partial charge in [0, 0.05) is 17.0 Å². The first-order valence-electron chi connectivity index (χ1n) is 9.20. The number of unbranched alkanes of at least 4 members (excludes halogenated alkanes) is 3. The average molecular weight is 415 g/mol. The lowest BCUT2D eigenvalue weighted by Gasteiger charge is -2.24. The maximum Gasteiger partial charge on any atom is 0.336 e. The third-order valence-electron chi connectivity index (χ3n) is 4.60. The van der Waals surface area contributed by atoms with E-state index in [1.807, 2.05) is 6.07 Å². The maximum absolute atomic E-state index is 11.7. The molecule has 0 spiro atoms. The lowest BCUT2D eigenvalue weighted by Crippen LogP contribution is -2.43. The highest BCUT2D eigenvalue weighted by atomic mass is 35.5. The number of hydrogen-bond donors (Lipinski definition) is 4. The summed E-state index contributed by atoms with van der Waals surface area (Å²) < 4.78 is 0. The third kappa shape index (κ3) is 7.96. The van der Waals surface area contributed by atoms with Crippen LogP contribution in [0.1, 0.15) is 67.8 Å². The molecule has 0 aliphatic heterocycles. The number of carbonyl (C=O) groups excluding carboxylic acids is 1. The molecule has 0 aromatic heterocycles. The Morgan fingerprint density at radius 1 is 1.11 bits per heavy atom. The smallest absolute Gasteiger partial charge is 0.336 e. The third-order valence-corrected chi connectivity index (χ3v) is 4.83. The van der Waals surface area contributed by atoms with Crippen molar-refractivity contribution in [2.75, 3.05) is 0 Å². The van der Waals surface area contributed by atoms with Gasteiger partial charge in [-0.2, -0.15) is 0 Å². The van der Waals surface area contributed by atoms with Gasteiger partial charge in [-0.25, -0.2) is 4.79 Å². The van der Waals surface area contributed by atoms with Crippen molar-refractivity contribution in [2.45, 2.75) is 70.0 Å². The fourth-order valence-electron chi connectivity index (χ4n) is 3.12. The van der Waals surface area contributed by atoms with E-state index >= 15 is 0 Å². The Kier molecular flexibility index (Phi) is 9.58. The predicted molar refractivity (Wildman–Crippen MR) is 104 cm³/mol. The van der Waals surface area contributed by atoms with Crippen LogP contribution in [0.4, 0.5) is 0 Å². The molecule has 0 heterocycles. The van der Waals surface area contributed by atoms with Gasteiger partial charge in [-0.1, -0.05) is 36.9 Å². The van der Waals surface area contributed by atoms with Gasteiger partial charge in [-0.05, 0) is 43.9 Å². The highest BCUT2D eigenvalue weighted by molar-refractivity contribution is 6.31. The summed E-state index contributed by atoms with van der Waals surface area (Å²) in [6.45, 7) is 1.50. The van der Waals surface area contributed by atoms with E-state index in [-0.39, 0.29) is 12.2 Å². The van der Waals surface area contributed by atoms with Gasteiger partial charge in [0.15, 0.2) is 11.4 Å². The zero-order valence-electron chi connectivity index (χ0n) is 15.9. The highest BCUT2D eigenvalue weighted by Gasteiger charge is 2.40. The van der Waals surface area contributed by atoms with E-state index in [0.717, 1.165) is 31.2 Å². The van der Waals surface area contributed by atoms with Crippen molar-refractivity contribution in [2.24, 2.45) is 0 Å². The number of carboxylic acids is 2. The lowest BCUT2D eigenvalue weighted by molar-refractivity contribution is -0.168. The van der Waals surface area contributed by atoms with Crippen molar-refractivity contribution in [3.05, 3.63) is 34.3 Å². The molecule has 4 N–H and O–H groups in total. The number of ketones is 1. The molecule has 0 saturated carbocycles. The van der Waals surface area contributed by atoms with E-state index in [2.05, 4.69) is 0 Å². The monoisotopic (exact) mass is 414 g/mol. The molecular weight excluding hydrogens is 388 g/mol. The van der Waals surface area contributed by atoms with Crippen LogP contribution in [-0.2, 0) is 16.0 Å². The molecule has 28 heavy (non-hydrogen) atoms. The van der Waals surface area contributed by atoms with E-state index in [4.69, 9.17) is 21.8 Å². The summed E-state index contributed by atoms with van der Waals surface area (Å²) in [5.74, 6) is -3.13. The van der Waals surface area contributed by atoms with Gasteiger partial charge in [0.1, 0.15) is 0 Å². The molecule has 0 saturated heterocycles. The van der Waals surface area contributed by atoms with Crippen LogP contribution in [0.3, 0.4) is 0 Å². The van der Waals surface area contributed by atoms with E-state index in [1.54, 1.807) is 12.1 Å². The number of rotatable bonds is 13. The Labute approximate surface area is 169 Å². The molecule has 1 aromatic carbocycles. The summed E-state index contributed by atoms with van der Waals surface area (Å²) in [5.41, 5.74) is -0.908. The summed E-state index contributed by atoms with van der Waals surface area (Å²) >= 11 is 5.92. The second-order valence-corrected chi connectivity index (χ2v) is 7.51. The molecule has 0 aliphatic carbocycles. The molecule has 2 atom stereocenters. The summed E-state index contributed by atoms with van der Waals surface area (Å²) in [5, 5.41) is 38.1. The van der Waals surface area contributed by atoms with Gasteiger partial charge < -0.3 is 20.4 Å². The SMILES string of the molecule is CC(=O)c1cc(Cl)ccc1CCCCCC[C@H](O)C[C@@](O)(CC(=O)O)C(=O)O. The van der Waals surface area contributed by atoms with Gasteiger partial charge >= 0.3 is 11.9 Å². The molecule has 1 aromatic rings. The number of carboxylic acid groups (broad SMARTS) is 2. The van der Waals surface area contributed by atoms with Crippen molar-refractivity contribution in [3.8, 4) is 0 Å². The summed E-state index contributed by atoms with van der Waals surface area (Å²) in [4.78, 5) is 33.5. The zero-order valence-corrected chi connectivity index (χ0v) is 16.6. The Morgan fingerprint density at radius 2 is 1.75 bits per heavy atom. The van der Waals surface area contributed by atoms with Crippen molar-refractivity contribution in [1.29, 1.82) is 0 Å². The first-order chi connectivity index (χ1) is 13.0. The normalized spacial score (nSPS) is 14.3. The maximum atomic E-state index is 11.7. The second kappa shape index (κ2) is 11.1. The number of aliphatic hydroxyl groups is 2. The van der Waals surface area contributed by atoms with Crippen molar-refractivity contribution >= 4 is 29.3 Å². The molecule has 0 fully saturated rings. The number of aryl methyl sites for hydroxylation is 1. The van der Waals surface area contributed by atoms with Crippen LogP contribution in [0, 0.1) is 0 Å². The topological polar surface area (TPSA) is 132 Å². The number of benzene rings is 1. The van der Waals surface area contributed by atoms with Crippen LogP contribution in [0.2, 0.25) is 5.02 Å². The Bertz CT molecular complexity index is 704. The fraction of sp³-hybridized carbons (Fsp3) is 0.550. The van der Waals surface area contributed by atoms with Crippen molar-refractivity contribution in [3.63, 3.8) is 0 Å². The van der Waals surface area contributed by atoms with Crippen LogP contribution in [0.5, 0.6) is 0 Å². The largest absolute Gasteiger partial charge is 0.481 e. The Hall–Kier alpha value is -1.96. The van der Waals surface area contributed by atoms with Crippen LogP contribution >= 0.6 is 11.6 Å². The number of hydrogen-bond acceptors (Lipinski definition) is 5. The summed E-state index contributed by atoms with van der Waals surface area (Å²) in [6.07, 6.45) is 1.51. The fourth-order valence-corrected chi connectivity index (χ4v) is 3.29. The number of carbonyl (C=O) groups is 3. The van der Waals surface area contributed by atoms with Crippen LogP contribution in [0.15, 0.2) is 18.2 Å². The van der Waals surface area contributed by atoms with Crippen LogP contribution in [0.25, 0.3) is 0 Å². The van der Waals surface area contributed by atoms with Crippen LogP contribution in [-0.4, -0.2) is 49.9 Å². The number of Topliss-reactive ketones (excluding diaryl/α,β-unsaturated/α-hetero) is 1. The molecule has 0 radical (unpaired) electrons. The Morgan fingerprint density at radius 3 is 2.32 bits per heavy atom. The molecule has 0 amide bonds.